The van der Waals surface area contributed by atoms with E-state index in [1.807, 2.05) is 7.05 Å². The maximum atomic E-state index is 12.9. The van der Waals surface area contributed by atoms with Crippen molar-refractivity contribution in [3.05, 3.63) is 29.8 Å². The van der Waals surface area contributed by atoms with Crippen LogP contribution < -0.4 is 10.2 Å². The Labute approximate surface area is 150 Å². The second-order valence-electron chi connectivity index (χ2n) is 6.98. The summed E-state index contributed by atoms with van der Waals surface area (Å²) in [5.41, 5.74) is 0.949. The van der Waals surface area contributed by atoms with Crippen molar-refractivity contribution in [2.45, 2.75) is 38.8 Å². The molecule has 0 aliphatic heterocycles. The first kappa shape index (κ1) is 16.5. The molecule has 1 saturated carbocycles. The Kier molecular flexibility index (Phi) is 3.67. The van der Waals surface area contributed by atoms with Crippen LogP contribution in [0.2, 0.25) is 0 Å². The van der Waals surface area contributed by atoms with Crippen LogP contribution >= 0.6 is 0 Å². The van der Waals surface area contributed by atoms with Gasteiger partial charge in [0.25, 0.3) is 5.91 Å². The Bertz CT molecular complexity index is 986. The molecule has 0 saturated heterocycles. The average molecular weight is 355 g/mol. The SMILES string of the molecule is Cc1oc2ncnc(N(C)C3(C)CC3)c2c1C(=O)NCc1ncn(C)n1. The smallest absolute Gasteiger partial charge is 0.256 e. The number of rotatable bonds is 5. The van der Waals surface area contributed by atoms with Gasteiger partial charge in [0.2, 0.25) is 5.71 Å². The lowest BCUT2D eigenvalue weighted by atomic mass is 10.1. The number of hydrogen-bond donors (Lipinski definition) is 1. The van der Waals surface area contributed by atoms with Gasteiger partial charge < -0.3 is 14.6 Å². The molecule has 1 amide bonds. The summed E-state index contributed by atoms with van der Waals surface area (Å²) in [5.74, 6) is 1.53. The van der Waals surface area contributed by atoms with Crippen LogP contribution in [0.25, 0.3) is 11.1 Å². The van der Waals surface area contributed by atoms with E-state index in [1.165, 1.54) is 6.33 Å². The van der Waals surface area contributed by atoms with Gasteiger partial charge in [-0.05, 0) is 26.7 Å². The highest BCUT2D eigenvalue weighted by Gasteiger charge is 2.43. The number of aromatic nitrogens is 5. The van der Waals surface area contributed by atoms with Gasteiger partial charge in [0.15, 0.2) is 5.82 Å². The minimum absolute atomic E-state index is 0.0675. The number of fused-ring (bicyclic) bond motifs is 1. The Morgan fingerprint density at radius 3 is 2.81 bits per heavy atom. The monoisotopic (exact) mass is 355 g/mol. The average Bonchev–Trinajstić information content (AvgIpc) is 3.07. The fourth-order valence-corrected chi connectivity index (χ4v) is 3.04. The van der Waals surface area contributed by atoms with E-state index >= 15 is 0 Å². The fourth-order valence-electron chi connectivity index (χ4n) is 3.04. The Morgan fingerprint density at radius 2 is 2.15 bits per heavy atom. The van der Waals surface area contributed by atoms with Gasteiger partial charge >= 0.3 is 0 Å². The first-order chi connectivity index (χ1) is 12.4. The number of hydrogen-bond acceptors (Lipinski definition) is 7. The van der Waals surface area contributed by atoms with Gasteiger partial charge in [-0.15, -0.1) is 0 Å². The summed E-state index contributed by atoms with van der Waals surface area (Å²) in [7, 11) is 3.78. The summed E-state index contributed by atoms with van der Waals surface area (Å²) in [5, 5.41) is 7.67. The molecule has 1 aliphatic rings. The second kappa shape index (κ2) is 5.79. The summed E-state index contributed by atoms with van der Waals surface area (Å²) in [4.78, 5) is 27.7. The van der Waals surface area contributed by atoms with Crippen LogP contribution in [0, 0.1) is 6.92 Å². The second-order valence-corrected chi connectivity index (χ2v) is 6.98. The first-order valence-electron chi connectivity index (χ1n) is 8.50. The van der Waals surface area contributed by atoms with E-state index in [1.54, 1.807) is 25.0 Å². The molecule has 4 rings (SSSR count). The van der Waals surface area contributed by atoms with E-state index in [0.717, 1.165) is 12.8 Å². The molecule has 0 spiro atoms. The van der Waals surface area contributed by atoms with Crippen LogP contribution in [0.3, 0.4) is 0 Å². The van der Waals surface area contributed by atoms with Gasteiger partial charge in [-0.25, -0.2) is 15.0 Å². The number of nitrogens with zero attached hydrogens (tertiary/aromatic N) is 6. The van der Waals surface area contributed by atoms with E-state index in [4.69, 9.17) is 4.42 Å². The van der Waals surface area contributed by atoms with Crippen LogP contribution in [-0.2, 0) is 13.6 Å². The molecule has 9 heteroatoms. The van der Waals surface area contributed by atoms with Crippen molar-refractivity contribution in [2.24, 2.45) is 7.05 Å². The van der Waals surface area contributed by atoms with E-state index < -0.39 is 0 Å². The highest BCUT2D eigenvalue weighted by Crippen LogP contribution is 2.44. The Balaban J connectivity index is 1.69. The van der Waals surface area contributed by atoms with Crippen LogP contribution in [0.5, 0.6) is 0 Å². The van der Waals surface area contributed by atoms with Crippen LogP contribution in [0.15, 0.2) is 17.1 Å². The van der Waals surface area contributed by atoms with Crippen molar-refractivity contribution in [3.8, 4) is 0 Å². The van der Waals surface area contributed by atoms with Gasteiger partial charge in [-0.3, -0.25) is 9.48 Å². The predicted molar refractivity (Wildman–Crippen MR) is 94.8 cm³/mol. The number of aryl methyl sites for hydroxylation is 2. The minimum Gasteiger partial charge on any atom is -0.442 e. The quantitative estimate of drug-likeness (QED) is 0.741. The highest BCUT2D eigenvalue weighted by atomic mass is 16.3. The summed E-state index contributed by atoms with van der Waals surface area (Å²) in [6, 6.07) is 0. The maximum Gasteiger partial charge on any atom is 0.256 e. The largest absolute Gasteiger partial charge is 0.442 e. The molecular formula is C17H21N7O2. The molecule has 1 N–H and O–H groups in total. The van der Waals surface area contributed by atoms with Gasteiger partial charge in [-0.1, -0.05) is 0 Å². The van der Waals surface area contributed by atoms with Crippen molar-refractivity contribution in [1.82, 2.24) is 30.0 Å². The lowest BCUT2D eigenvalue weighted by Gasteiger charge is -2.26. The van der Waals surface area contributed by atoms with Crippen molar-refractivity contribution in [2.75, 3.05) is 11.9 Å². The molecule has 3 aromatic rings. The standard InChI is InChI=1S/C17H21N7O2/c1-10-12(15(25)18-7-11-21-9-23(3)22-11)13-14(19-8-20-16(13)26-10)24(4)17(2)5-6-17/h8-9H,5-7H2,1-4H3,(H,18,25). The van der Waals surface area contributed by atoms with E-state index in [2.05, 4.69) is 37.2 Å². The molecule has 26 heavy (non-hydrogen) atoms. The van der Waals surface area contributed by atoms with Crippen LogP contribution in [0.4, 0.5) is 5.82 Å². The molecule has 3 heterocycles. The minimum atomic E-state index is -0.251. The molecule has 0 aromatic carbocycles. The van der Waals surface area contributed by atoms with Crippen molar-refractivity contribution in [1.29, 1.82) is 0 Å². The van der Waals surface area contributed by atoms with Crippen LogP contribution in [0.1, 0.15) is 41.7 Å². The summed E-state index contributed by atoms with van der Waals surface area (Å²) in [6.45, 7) is 4.18. The first-order valence-corrected chi connectivity index (χ1v) is 8.50. The Hall–Kier alpha value is -2.97. The summed E-state index contributed by atoms with van der Waals surface area (Å²) < 4.78 is 7.32. The molecule has 0 unspecified atom stereocenters. The zero-order valence-corrected chi connectivity index (χ0v) is 15.3. The molecule has 3 aromatic heterocycles. The third kappa shape index (κ3) is 2.69. The van der Waals surface area contributed by atoms with Crippen LogP contribution in [-0.4, -0.2) is 43.2 Å². The molecule has 1 fully saturated rings. The molecular weight excluding hydrogens is 334 g/mol. The van der Waals surface area contributed by atoms with Crippen molar-refractivity contribution in [3.63, 3.8) is 0 Å². The molecule has 1 aliphatic carbocycles. The number of carbonyl (C=O) groups excluding carboxylic acids is 1. The van der Waals surface area contributed by atoms with Crippen molar-refractivity contribution < 1.29 is 9.21 Å². The number of furan rings is 1. The Morgan fingerprint density at radius 1 is 1.38 bits per heavy atom. The van der Waals surface area contributed by atoms with E-state index in [0.29, 0.717) is 34.1 Å². The molecule has 9 nitrogen and oxygen atoms in total. The maximum absolute atomic E-state index is 12.9. The molecule has 136 valence electrons. The van der Waals surface area contributed by atoms with Gasteiger partial charge in [0, 0.05) is 19.6 Å². The number of nitrogens with one attached hydrogen (secondary N) is 1. The van der Waals surface area contributed by atoms with E-state index in [9.17, 15) is 4.79 Å². The topological polar surface area (TPSA) is 102 Å². The molecule has 0 bridgehead atoms. The van der Waals surface area contributed by atoms with Crippen molar-refractivity contribution >= 4 is 22.8 Å². The lowest BCUT2D eigenvalue weighted by molar-refractivity contribution is 0.0949. The zero-order chi connectivity index (χ0) is 18.5. The van der Waals surface area contributed by atoms with Gasteiger partial charge in [0.1, 0.15) is 24.2 Å². The lowest BCUT2D eigenvalue weighted by Crippen LogP contribution is -2.32. The number of anilines is 1. The highest BCUT2D eigenvalue weighted by molar-refractivity contribution is 6.10. The molecule has 0 radical (unpaired) electrons. The van der Waals surface area contributed by atoms with Gasteiger partial charge in [-0.2, -0.15) is 5.10 Å². The zero-order valence-electron chi connectivity index (χ0n) is 15.3. The number of amides is 1. The third-order valence-electron chi connectivity index (χ3n) is 5.03. The van der Waals surface area contributed by atoms with Gasteiger partial charge in [0.05, 0.1) is 17.5 Å². The predicted octanol–water partition coefficient (Wildman–Crippen LogP) is 1.58. The summed E-state index contributed by atoms with van der Waals surface area (Å²) >= 11 is 0. The molecule has 0 atom stereocenters. The fraction of sp³-hybridized carbons (Fsp3) is 0.471. The third-order valence-corrected chi connectivity index (χ3v) is 5.03. The van der Waals surface area contributed by atoms with E-state index in [-0.39, 0.29) is 18.0 Å². The summed E-state index contributed by atoms with van der Waals surface area (Å²) in [6.07, 6.45) is 5.26. The number of carbonyl (C=O) groups is 1. The normalized spacial score (nSPS) is 15.2.